The van der Waals surface area contributed by atoms with E-state index in [0.29, 0.717) is 6.04 Å². The Morgan fingerprint density at radius 3 is 2.18 bits per heavy atom. The van der Waals surface area contributed by atoms with Gasteiger partial charge in [-0.1, -0.05) is 60.2 Å². The van der Waals surface area contributed by atoms with E-state index in [1.807, 2.05) is 6.07 Å². The minimum atomic E-state index is 0.0286. The van der Waals surface area contributed by atoms with Crippen molar-refractivity contribution in [2.45, 2.75) is 39.3 Å². The minimum absolute atomic E-state index is 0.0286. The highest BCUT2D eigenvalue weighted by Gasteiger charge is 2.14. The largest absolute Gasteiger partial charge is 0.369 e. The molecule has 0 saturated carbocycles. The predicted octanol–water partition coefficient (Wildman–Crippen LogP) is 3.46. The lowest BCUT2D eigenvalue weighted by atomic mass is 10.0. The highest BCUT2D eigenvalue weighted by Crippen LogP contribution is 2.26. The number of ether oxygens (including phenoxy) is 1. The zero-order chi connectivity index (χ0) is 15.8. The SMILES string of the molecule is Cc1ccc([C@@H](OCCC[NH2+]C(C)C)c2ccccc2)cc1. The lowest BCUT2D eigenvalue weighted by Gasteiger charge is -2.19. The number of benzene rings is 2. The molecule has 2 heteroatoms. The van der Waals surface area contributed by atoms with Gasteiger partial charge in [0.1, 0.15) is 6.10 Å². The van der Waals surface area contributed by atoms with Crippen LogP contribution in [0.15, 0.2) is 54.6 Å². The summed E-state index contributed by atoms with van der Waals surface area (Å²) >= 11 is 0. The molecule has 0 aliphatic rings. The third-order valence-corrected chi connectivity index (χ3v) is 3.75. The van der Waals surface area contributed by atoms with Crippen LogP contribution in [0, 0.1) is 6.92 Å². The number of hydrogen-bond acceptors (Lipinski definition) is 1. The summed E-state index contributed by atoms with van der Waals surface area (Å²) in [4.78, 5) is 0. The number of nitrogens with two attached hydrogens (primary N) is 1. The molecule has 0 spiro atoms. The minimum Gasteiger partial charge on any atom is -0.369 e. The molecular weight excluding hydrogens is 270 g/mol. The second-order valence-corrected chi connectivity index (χ2v) is 6.19. The molecule has 0 heterocycles. The summed E-state index contributed by atoms with van der Waals surface area (Å²) in [5.74, 6) is 0. The van der Waals surface area contributed by atoms with Crippen molar-refractivity contribution in [3.63, 3.8) is 0 Å². The van der Waals surface area contributed by atoms with Crippen LogP contribution in [-0.2, 0) is 4.74 Å². The molecule has 2 N–H and O–H groups in total. The fourth-order valence-electron chi connectivity index (χ4n) is 2.49. The van der Waals surface area contributed by atoms with Crippen LogP contribution in [0.4, 0.5) is 0 Å². The van der Waals surface area contributed by atoms with Gasteiger partial charge in [0.15, 0.2) is 0 Å². The third kappa shape index (κ3) is 5.28. The van der Waals surface area contributed by atoms with E-state index in [4.69, 9.17) is 4.74 Å². The molecule has 0 amide bonds. The Balaban J connectivity index is 2.01. The molecule has 2 nitrogen and oxygen atoms in total. The van der Waals surface area contributed by atoms with E-state index in [-0.39, 0.29) is 6.10 Å². The molecule has 0 aromatic heterocycles. The maximum Gasteiger partial charge on any atom is 0.108 e. The highest BCUT2D eigenvalue weighted by molar-refractivity contribution is 5.31. The van der Waals surface area contributed by atoms with Crippen LogP contribution in [0.2, 0.25) is 0 Å². The predicted molar refractivity (Wildman–Crippen MR) is 92.0 cm³/mol. The summed E-state index contributed by atoms with van der Waals surface area (Å²) in [5.41, 5.74) is 3.73. The zero-order valence-corrected chi connectivity index (χ0v) is 14.0. The van der Waals surface area contributed by atoms with Gasteiger partial charge >= 0.3 is 0 Å². The van der Waals surface area contributed by atoms with E-state index < -0.39 is 0 Å². The van der Waals surface area contributed by atoms with Crippen molar-refractivity contribution in [2.75, 3.05) is 13.2 Å². The maximum absolute atomic E-state index is 6.22. The molecule has 0 aliphatic heterocycles. The highest BCUT2D eigenvalue weighted by atomic mass is 16.5. The molecule has 22 heavy (non-hydrogen) atoms. The van der Waals surface area contributed by atoms with Crippen molar-refractivity contribution >= 4 is 0 Å². The molecule has 2 aromatic carbocycles. The lowest BCUT2D eigenvalue weighted by Crippen LogP contribution is -2.88. The molecule has 118 valence electrons. The summed E-state index contributed by atoms with van der Waals surface area (Å²) < 4.78 is 6.22. The maximum atomic E-state index is 6.22. The van der Waals surface area contributed by atoms with Crippen molar-refractivity contribution in [1.29, 1.82) is 0 Å². The Morgan fingerprint density at radius 1 is 0.909 bits per heavy atom. The van der Waals surface area contributed by atoms with Crippen molar-refractivity contribution in [2.24, 2.45) is 0 Å². The first kappa shape index (κ1) is 16.7. The van der Waals surface area contributed by atoms with E-state index in [1.165, 1.54) is 16.7 Å². The smallest absolute Gasteiger partial charge is 0.108 e. The Bertz CT molecular complexity index is 533. The molecular formula is C20H28NO+. The van der Waals surface area contributed by atoms with Gasteiger partial charge in [-0.05, 0) is 31.9 Å². The summed E-state index contributed by atoms with van der Waals surface area (Å²) in [7, 11) is 0. The average molecular weight is 298 g/mol. The fraction of sp³-hybridized carbons (Fsp3) is 0.400. The third-order valence-electron chi connectivity index (χ3n) is 3.75. The molecule has 0 unspecified atom stereocenters. The molecule has 0 bridgehead atoms. The van der Waals surface area contributed by atoms with Crippen LogP contribution in [0.25, 0.3) is 0 Å². The van der Waals surface area contributed by atoms with Crippen LogP contribution in [0.1, 0.15) is 43.1 Å². The number of quaternary nitrogens is 1. The first-order valence-corrected chi connectivity index (χ1v) is 8.23. The fourth-order valence-corrected chi connectivity index (χ4v) is 2.49. The van der Waals surface area contributed by atoms with Crippen LogP contribution < -0.4 is 5.32 Å². The van der Waals surface area contributed by atoms with E-state index in [2.05, 4.69) is 74.6 Å². The number of aryl methyl sites for hydroxylation is 1. The first-order valence-electron chi connectivity index (χ1n) is 8.23. The van der Waals surface area contributed by atoms with E-state index >= 15 is 0 Å². The van der Waals surface area contributed by atoms with Crippen molar-refractivity contribution in [3.05, 3.63) is 71.3 Å². The standard InChI is InChI=1S/C20H27NO/c1-16(2)21-14-7-15-22-20(18-8-5-4-6-9-18)19-12-10-17(3)11-13-19/h4-6,8-13,16,20-21H,7,14-15H2,1-3H3/p+1/t20-/m0/s1. The van der Waals surface area contributed by atoms with Crippen molar-refractivity contribution in [3.8, 4) is 0 Å². The Morgan fingerprint density at radius 2 is 1.55 bits per heavy atom. The van der Waals surface area contributed by atoms with Gasteiger partial charge in [0.05, 0.1) is 19.2 Å². The quantitative estimate of drug-likeness (QED) is 0.742. The Kier molecular flexibility index (Phi) is 6.63. The number of hydrogen-bond donors (Lipinski definition) is 1. The summed E-state index contributed by atoms with van der Waals surface area (Å²) in [6.07, 6.45) is 1.11. The van der Waals surface area contributed by atoms with Crippen LogP contribution in [0.3, 0.4) is 0 Å². The Hall–Kier alpha value is -1.64. The van der Waals surface area contributed by atoms with Crippen molar-refractivity contribution < 1.29 is 10.1 Å². The summed E-state index contributed by atoms with van der Waals surface area (Å²) in [5, 5.41) is 2.35. The van der Waals surface area contributed by atoms with Crippen LogP contribution >= 0.6 is 0 Å². The summed E-state index contributed by atoms with van der Waals surface area (Å²) in [6.45, 7) is 8.47. The van der Waals surface area contributed by atoms with Gasteiger partial charge in [0, 0.05) is 6.42 Å². The van der Waals surface area contributed by atoms with Gasteiger partial charge in [-0.3, -0.25) is 0 Å². The van der Waals surface area contributed by atoms with E-state index in [1.54, 1.807) is 0 Å². The normalized spacial score (nSPS) is 12.5. The first-order chi connectivity index (χ1) is 10.7. The molecule has 0 aliphatic carbocycles. The zero-order valence-electron chi connectivity index (χ0n) is 14.0. The monoisotopic (exact) mass is 298 g/mol. The van der Waals surface area contributed by atoms with Gasteiger partial charge in [-0.2, -0.15) is 0 Å². The number of rotatable bonds is 8. The topological polar surface area (TPSA) is 25.8 Å². The van der Waals surface area contributed by atoms with Gasteiger partial charge in [0.2, 0.25) is 0 Å². The molecule has 1 atom stereocenters. The second kappa shape index (κ2) is 8.72. The van der Waals surface area contributed by atoms with Crippen LogP contribution in [-0.4, -0.2) is 19.2 Å². The molecule has 0 radical (unpaired) electrons. The van der Waals surface area contributed by atoms with Gasteiger partial charge in [-0.15, -0.1) is 0 Å². The van der Waals surface area contributed by atoms with Gasteiger partial charge in [-0.25, -0.2) is 0 Å². The molecule has 0 fully saturated rings. The molecule has 0 saturated heterocycles. The average Bonchev–Trinajstić information content (AvgIpc) is 2.53. The lowest BCUT2D eigenvalue weighted by molar-refractivity contribution is -0.683. The molecule has 2 aromatic rings. The van der Waals surface area contributed by atoms with Gasteiger partial charge < -0.3 is 10.1 Å². The van der Waals surface area contributed by atoms with Crippen molar-refractivity contribution in [1.82, 2.24) is 0 Å². The van der Waals surface area contributed by atoms with Crippen LogP contribution in [0.5, 0.6) is 0 Å². The van der Waals surface area contributed by atoms with E-state index in [0.717, 1.165) is 19.6 Å². The van der Waals surface area contributed by atoms with Gasteiger partial charge in [0.25, 0.3) is 0 Å². The second-order valence-electron chi connectivity index (χ2n) is 6.19. The van der Waals surface area contributed by atoms with E-state index in [9.17, 15) is 0 Å². The Labute approximate surface area is 134 Å². The molecule has 2 rings (SSSR count). The summed E-state index contributed by atoms with van der Waals surface area (Å²) in [6, 6.07) is 19.8.